The Morgan fingerprint density at radius 2 is 1.62 bits per heavy atom. The van der Waals surface area contributed by atoms with Crippen molar-refractivity contribution in [1.82, 2.24) is 19.4 Å². The number of para-hydroxylation sites is 2. The fourth-order valence-electron chi connectivity index (χ4n) is 8.76. The number of likely N-dealkylation sites (tertiary alicyclic amines) is 1. The number of rotatable bonds is 7. The molecular weight excluding hydrogens is 558 g/mol. The van der Waals surface area contributed by atoms with Gasteiger partial charge in [-0.3, -0.25) is 14.5 Å². The first-order valence-corrected chi connectivity index (χ1v) is 16.7. The van der Waals surface area contributed by atoms with Crippen molar-refractivity contribution in [3.63, 3.8) is 0 Å². The summed E-state index contributed by atoms with van der Waals surface area (Å²) >= 11 is 0. The van der Waals surface area contributed by atoms with Gasteiger partial charge in [0.05, 0.1) is 11.0 Å². The number of aromatic nitrogens is 2. The predicted octanol–water partition coefficient (Wildman–Crippen LogP) is 6.49. The first kappa shape index (κ1) is 29.7. The molecule has 0 aliphatic carbocycles. The van der Waals surface area contributed by atoms with E-state index < -0.39 is 5.91 Å². The summed E-state index contributed by atoms with van der Waals surface area (Å²) in [7, 11) is 0. The maximum Gasteiger partial charge on any atom is 0.254 e. The zero-order chi connectivity index (χ0) is 31.3. The Balaban J connectivity index is 1.08. The van der Waals surface area contributed by atoms with E-state index in [-0.39, 0.29) is 11.3 Å². The Kier molecular flexibility index (Phi) is 7.76. The summed E-state index contributed by atoms with van der Waals surface area (Å²) in [5.41, 5.74) is 12.5. The van der Waals surface area contributed by atoms with Gasteiger partial charge < -0.3 is 15.2 Å². The van der Waals surface area contributed by atoms with Crippen molar-refractivity contribution in [3.8, 4) is 0 Å². The Morgan fingerprint density at radius 1 is 0.889 bits per heavy atom. The SMILES string of the molecule is Cc1cccc(C2(CCN3[C@@H]4CC[C@H]3CC(n3c(C)nc5ccccc53)C4)CCN(C(=O)c3cc(C(N)=O)ccc3C)CC2)c1. The molecule has 3 aromatic carbocycles. The molecule has 3 aliphatic rings. The number of nitrogens with zero attached hydrogens (tertiary/aromatic N) is 4. The van der Waals surface area contributed by atoms with Gasteiger partial charge in [-0.2, -0.15) is 0 Å². The van der Waals surface area contributed by atoms with Crippen LogP contribution in [-0.2, 0) is 5.41 Å². The molecule has 2 N–H and O–H groups in total. The van der Waals surface area contributed by atoms with Crippen LogP contribution in [0.5, 0.6) is 0 Å². The maximum absolute atomic E-state index is 13.7. The van der Waals surface area contributed by atoms with Gasteiger partial charge in [0, 0.05) is 42.3 Å². The average Bonchev–Trinajstić information content (AvgIpc) is 3.50. The van der Waals surface area contributed by atoms with E-state index in [1.807, 2.05) is 17.9 Å². The van der Waals surface area contributed by atoms with Crippen molar-refractivity contribution in [2.24, 2.45) is 5.73 Å². The number of nitrogens with two attached hydrogens (primary N) is 1. The smallest absolute Gasteiger partial charge is 0.254 e. The van der Waals surface area contributed by atoms with Crippen molar-refractivity contribution >= 4 is 22.8 Å². The van der Waals surface area contributed by atoms with Crippen molar-refractivity contribution in [2.75, 3.05) is 19.6 Å². The third-order valence-corrected chi connectivity index (χ3v) is 11.2. The van der Waals surface area contributed by atoms with Gasteiger partial charge in [-0.05, 0) is 113 Å². The highest BCUT2D eigenvalue weighted by Gasteiger charge is 2.44. The fraction of sp³-hybridized carbons (Fsp3) is 0.447. The van der Waals surface area contributed by atoms with Crippen LogP contribution in [0.4, 0.5) is 0 Å². The van der Waals surface area contributed by atoms with Crippen LogP contribution in [0.1, 0.15) is 94.2 Å². The molecule has 3 atom stereocenters. The van der Waals surface area contributed by atoms with Crippen LogP contribution in [0, 0.1) is 20.8 Å². The highest BCUT2D eigenvalue weighted by Crippen LogP contribution is 2.45. The number of benzene rings is 3. The van der Waals surface area contributed by atoms with Gasteiger partial charge in [0.15, 0.2) is 0 Å². The van der Waals surface area contributed by atoms with Gasteiger partial charge in [0.1, 0.15) is 5.82 Å². The van der Waals surface area contributed by atoms with Crippen LogP contribution in [0.25, 0.3) is 11.0 Å². The number of piperidine rings is 2. The molecule has 0 radical (unpaired) electrons. The summed E-state index contributed by atoms with van der Waals surface area (Å²) in [6, 6.07) is 24.5. The lowest BCUT2D eigenvalue weighted by Crippen LogP contribution is -2.49. The zero-order valence-electron chi connectivity index (χ0n) is 26.8. The molecular formula is C38H45N5O2. The Morgan fingerprint density at radius 3 is 2.33 bits per heavy atom. The molecule has 3 fully saturated rings. The Hall–Kier alpha value is -3.97. The average molecular weight is 604 g/mol. The van der Waals surface area contributed by atoms with E-state index >= 15 is 0 Å². The summed E-state index contributed by atoms with van der Waals surface area (Å²) in [4.78, 5) is 35.2. The van der Waals surface area contributed by atoms with E-state index in [1.54, 1.807) is 12.1 Å². The van der Waals surface area contributed by atoms with Crippen LogP contribution < -0.4 is 5.73 Å². The monoisotopic (exact) mass is 603 g/mol. The first-order chi connectivity index (χ1) is 21.7. The highest BCUT2D eigenvalue weighted by molar-refractivity contribution is 6.00. The van der Waals surface area contributed by atoms with Gasteiger partial charge in [0.25, 0.3) is 5.91 Å². The largest absolute Gasteiger partial charge is 0.366 e. The number of aryl methyl sites for hydroxylation is 3. The van der Waals surface area contributed by atoms with Crippen molar-refractivity contribution in [1.29, 1.82) is 0 Å². The number of carbonyl (C=O) groups excluding carboxylic acids is 2. The lowest BCUT2D eigenvalue weighted by Gasteiger charge is -2.46. The molecule has 234 valence electrons. The van der Waals surface area contributed by atoms with Crippen LogP contribution in [0.15, 0.2) is 66.7 Å². The van der Waals surface area contributed by atoms with Crippen molar-refractivity contribution < 1.29 is 9.59 Å². The number of imidazole rings is 1. The minimum Gasteiger partial charge on any atom is -0.366 e. The van der Waals surface area contributed by atoms with Gasteiger partial charge >= 0.3 is 0 Å². The molecule has 1 unspecified atom stereocenters. The second-order valence-electron chi connectivity index (χ2n) is 13.9. The normalized spacial score (nSPS) is 23.0. The lowest BCUT2D eigenvalue weighted by molar-refractivity contribution is 0.0606. The second kappa shape index (κ2) is 11.8. The first-order valence-electron chi connectivity index (χ1n) is 16.7. The molecule has 7 rings (SSSR count). The number of carbonyl (C=O) groups is 2. The van der Waals surface area contributed by atoms with Crippen LogP contribution in [-0.4, -0.2) is 62.9 Å². The summed E-state index contributed by atoms with van der Waals surface area (Å²) in [6.45, 7) is 8.76. The maximum atomic E-state index is 13.7. The summed E-state index contributed by atoms with van der Waals surface area (Å²) in [5, 5.41) is 0. The molecule has 4 heterocycles. The molecule has 3 aliphatic heterocycles. The number of fused-ring (bicyclic) bond motifs is 3. The number of hydrogen-bond acceptors (Lipinski definition) is 4. The summed E-state index contributed by atoms with van der Waals surface area (Å²) < 4.78 is 2.51. The molecule has 45 heavy (non-hydrogen) atoms. The Bertz CT molecular complexity index is 1740. The molecule has 1 aromatic heterocycles. The second-order valence-corrected chi connectivity index (χ2v) is 13.9. The third-order valence-electron chi connectivity index (χ3n) is 11.2. The van der Waals surface area contributed by atoms with Gasteiger partial charge in [0.2, 0.25) is 5.91 Å². The van der Waals surface area contributed by atoms with Crippen LogP contribution in [0.3, 0.4) is 0 Å². The molecule has 4 aromatic rings. The standard InChI is InChI=1S/C38H45N5O2/c1-25-7-6-8-29(21-25)38(15-18-41(19-16-38)37(45)33-22-28(36(39)44)12-11-26(33)2)17-20-42-30-13-14-31(42)24-32(23-30)43-27(3)40-34-9-4-5-10-35(34)43/h4-12,21-22,30-32H,13-20,23-24H2,1-3H3,(H2,39,44)/t30-,31+,32?. The van der Waals surface area contributed by atoms with E-state index in [1.165, 1.54) is 42.3 Å². The van der Waals surface area contributed by atoms with Crippen molar-refractivity contribution in [2.45, 2.75) is 89.3 Å². The number of amides is 2. The number of hydrogen-bond donors (Lipinski definition) is 1. The summed E-state index contributed by atoms with van der Waals surface area (Å²) in [5.74, 6) is 0.619. The van der Waals surface area contributed by atoms with E-state index in [4.69, 9.17) is 10.7 Å². The van der Waals surface area contributed by atoms with E-state index in [0.29, 0.717) is 42.3 Å². The quantitative estimate of drug-likeness (QED) is 0.262. The number of primary amides is 1. The minimum atomic E-state index is -0.507. The molecule has 7 nitrogen and oxygen atoms in total. The van der Waals surface area contributed by atoms with Crippen molar-refractivity contribution in [3.05, 3.63) is 100 Å². The molecule has 0 saturated carbocycles. The van der Waals surface area contributed by atoms with Crippen LogP contribution in [0.2, 0.25) is 0 Å². The molecule has 0 spiro atoms. The Labute approximate surface area is 266 Å². The summed E-state index contributed by atoms with van der Waals surface area (Å²) in [6.07, 6.45) is 7.87. The molecule has 2 amide bonds. The van der Waals surface area contributed by atoms with E-state index in [9.17, 15) is 9.59 Å². The predicted molar refractivity (Wildman–Crippen MR) is 179 cm³/mol. The van der Waals surface area contributed by atoms with Gasteiger partial charge in [-0.25, -0.2) is 4.98 Å². The van der Waals surface area contributed by atoms with E-state index in [2.05, 4.69) is 71.8 Å². The van der Waals surface area contributed by atoms with E-state index in [0.717, 1.165) is 42.7 Å². The van der Waals surface area contributed by atoms with Gasteiger partial charge in [-0.15, -0.1) is 0 Å². The zero-order valence-corrected chi connectivity index (χ0v) is 26.8. The molecule has 3 saturated heterocycles. The van der Waals surface area contributed by atoms with Crippen LogP contribution >= 0.6 is 0 Å². The molecule has 7 heteroatoms. The molecule has 2 bridgehead atoms. The highest BCUT2D eigenvalue weighted by atomic mass is 16.2. The minimum absolute atomic E-state index is 0.00382. The lowest BCUT2D eigenvalue weighted by atomic mass is 9.70. The van der Waals surface area contributed by atoms with Gasteiger partial charge in [-0.1, -0.05) is 48.0 Å². The third kappa shape index (κ3) is 5.45. The fourth-order valence-corrected chi connectivity index (χ4v) is 8.76. The topological polar surface area (TPSA) is 84.5 Å².